The van der Waals surface area contributed by atoms with Gasteiger partial charge in [0.2, 0.25) is 0 Å². The second-order valence-corrected chi connectivity index (χ2v) is 6.62. The highest BCUT2D eigenvalue weighted by atomic mass is 79.9. The maximum atomic E-state index is 12.7. The Morgan fingerprint density at radius 3 is 2.76 bits per heavy atom. The van der Waals surface area contributed by atoms with Gasteiger partial charge in [-0.3, -0.25) is 4.79 Å². The smallest absolute Gasteiger partial charge is 0.254 e. The maximum absolute atomic E-state index is 12.7. The van der Waals surface area contributed by atoms with E-state index in [9.17, 15) is 4.79 Å². The lowest BCUT2D eigenvalue weighted by molar-refractivity contribution is 0.0643. The van der Waals surface area contributed by atoms with Crippen molar-refractivity contribution in [2.75, 3.05) is 6.54 Å². The summed E-state index contributed by atoms with van der Waals surface area (Å²) in [5.74, 6) is 0.0463. The van der Waals surface area contributed by atoms with Gasteiger partial charge in [0.05, 0.1) is 11.1 Å². The number of aryl methyl sites for hydroxylation is 1. The zero-order chi connectivity index (χ0) is 15.1. The van der Waals surface area contributed by atoms with Gasteiger partial charge in [0.15, 0.2) is 0 Å². The number of hydrogen-bond acceptors (Lipinski definition) is 1. The van der Waals surface area contributed by atoms with Crippen LogP contribution >= 0.6 is 27.5 Å². The number of benzene rings is 1. The highest BCUT2D eigenvalue weighted by Crippen LogP contribution is 2.30. The maximum Gasteiger partial charge on any atom is 0.254 e. The summed E-state index contributed by atoms with van der Waals surface area (Å²) in [4.78, 5) is 14.7. The molecule has 0 N–H and O–H groups in total. The number of carbonyl (C=O) groups is 1. The number of amides is 1. The Kier molecular flexibility index (Phi) is 3.84. The van der Waals surface area contributed by atoms with Gasteiger partial charge in [0.25, 0.3) is 5.91 Å². The van der Waals surface area contributed by atoms with Crippen LogP contribution in [0.2, 0.25) is 5.02 Å². The standard InChI is InChI=1S/C16H16BrClN2O/c1-10-3-6-15-11(2)20(8-7-19(10)15)16(21)12-4-5-14(18)13(17)9-12/h3-6,9,11H,7-8H2,1-2H3. The number of carbonyl (C=O) groups excluding carboxylic acids is 1. The first-order chi connectivity index (χ1) is 9.99. The van der Waals surface area contributed by atoms with Crippen molar-refractivity contribution in [3.05, 3.63) is 56.8 Å². The molecule has 1 atom stereocenters. The summed E-state index contributed by atoms with van der Waals surface area (Å²) in [5.41, 5.74) is 3.10. The minimum absolute atomic E-state index is 0.0463. The van der Waals surface area contributed by atoms with Gasteiger partial charge in [-0.15, -0.1) is 0 Å². The lowest BCUT2D eigenvalue weighted by Gasteiger charge is -2.35. The molecule has 2 aromatic rings. The Hall–Kier alpha value is -1.26. The van der Waals surface area contributed by atoms with Crippen molar-refractivity contribution in [1.29, 1.82) is 0 Å². The van der Waals surface area contributed by atoms with E-state index in [0.29, 0.717) is 10.6 Å². The summed E-state index contributed by atoms with van der Waals surface area (Å²) in [7, 11) is 0. The Labute approximate surface area is 137 Å². The fourth-order valence-corrected chi connectivity index (χ4v) is 3.39. The highest BCUT2D eigenvalue weighted by Gasteiger charge is 2.29. The molecule has 1 aromatic heterocycles. The van der Waals surface area contributed by atoms with Crippen molar-refractivity contribution in [3.63, 3.8) is 0 Å². The Bertz CT molecular complexity index is 710. The quantitative estimate of drug-likeness (QED) is 0.732. The minimum Gasteiger partial charge on any atom is -0.345 e. The van der Waals surface area contributed by atoms with E-state index in [2.05, 4.69) is 46.5 Å². The number of hydrogen-bond donors (Lipinski definition) is 0. The van der Waals surface area contributed by atoms with E-state index in [4.69, 9.17) is 11.6 Å². The fraction of sp³-hybridized carbons (Fsp3) is 0.312. The van der Waals surface area contributed by atoms with E-state index in [1.165, 1.54) is 11.4 Å². The summed E-state index contributed by atoms with van der Waals surface area (Å²) in [6.07, 6.45) is 0. The Balaban J connectivity index is 1.91. The zero-order valence-corrected chi connectivity index (χ0v) is 14.3. The van der Waals surface area contributed by atoms with Gasteiger partial charge >= 0.3 is 0 Å². The molecule has 0 radical (unpaired) electrons. The molecule has 1 amide bonds. The van der Waals surface area contributed by atoms with Gasteiger partial charge in [-0.05, 0) is 60.1 Å². The van der Waals surface area contributed by atoms with E-state index in [1.54, 1.807) is 18.2 Å². The molecule has 2 heterocycles. The van der Waals surface area contributed by atoms with Crippen LogP contribution in [0.15, 0.2) is 34.8 Å². The molecule has 0 saturated heterocycles. The van der Waals surface area contributed by atoms with Crippen molar-refractivity contribution in [2.45, 2.75) is 26.4 Å². The second kappa shape index (κ2) is 5.50. The molecule has 110 valence electrons. The van der Waals surface area contributed by atoms with Crippen LogP contribution in [-0.2, 0) is 6.54 Å². The van der Waals surface area contributed by atoms with Crippen LogP contribution in [0.1, 0.15) is 34.7 Å². The fourth-order valence-electron chi connectivity index (χ4n) is 2.89. The minimum atomic E-state index is 0.0463. The van der Waals surface area contributed by atoms with Crippen LogP contribution in [0.4, 0.5) is 0 Å². The molecule has 5 heteroatoms. The molecule has 0 spiro atoms. The van der Waals surface area contributed by atoms with Gasteiger partial charge < -0.3 is 9.47 Å². The molecule has 3 rings (SSSR count). The summed E-state index contributed by atoms with van der Waals surface area (Å²) in [5, 5.41) is 0.614. The number of halogens is 2. The van der Waals surface area contributed by atoms with Gasteiger partial charge in [0.1, 0.15) is 0 Å². The SMILES string of the molecule is Cc1ccc2n1CCN(C(=O)c1ccc(Cl)c(Br)c1)C2C. The molecule has 1 aliphatic heterocycles. The number of nitrogens with zero attached hydrogens (tertiary/aromatic N) is 2. The third kappa shape index (κ3) is 2.51. The number of aromatic nitrogens is 1. The molecule has 0 aliphatic carbocycles. The van der Waals surface area contributed by atoms with Crippen LogP contribution in [-0.4, -0.2) is 21.9 Å². The summed E-state index contributed by atoms with van der Waals surface area (Å²) < 4.78 is 3.03. The van der Waals surface area contributed by atoms with Crippen LogP contribution in [0, 0.1) is 6.92 Å². The van der Waals surface area contributed by atoms with Crippen molar-refractivity contribution in [2.24, 2.45) is 0 Å². The summed E-state index contributed by atoms with van der Waals surface area (Å²) in [6, 6.07) is 9.61. The molecule has 21 heavy (non-hydrogen) atoms. The zero-order valence-electron chi connectivity index (χ0n) is 11.9. The van der Waals surface area contributed by atoms with Gasteiger partial charge in [-0.25, -0.2) is 0 Å². The second-order valence-electron chi connectivity index (χ2n) is 5.35. The van der Waals surface area contributed by atoms with Crippen molar-refractivity contribution in [3.8, 4) is 0 Å². The van der Waals surface area contributed by atoms with E-state index in [-0.39, 0.29) is 11.9 Å². The van der Waals surface area contributed by atoms with E-state index < -0.39 is 0 Å². The first-order valence-electron chi connectivity index (χ1n) is 6.91. The monoisotopic (exact) mass is 366 g/mol. The van der Waals surface area contributed by atoms with Crippen molar-refractivity contribution < 1.29 is 4.79 Å². The number of rotatable bonds is 1. The van der Waals surface area contributed by atoms with E-state index in [0.717, 1.165) is 17.6 Å². The van der Waals surface area contributed by atoms with Crippen LogP contribution in [0.25, 0.3) is 0 Å². The topological polar surface area (TPSA) is 25.2 Å². The average Bonchev–Trinajstić information content (AvgIpc) is 2.84. The van der Waals surface area contributed by atoms with Crippen LogP contribution in [0.5, 0.6) is 0 Å². The molecule has 1 aromatic carbocycles. The average molecular weight is 368 g/mol. The number of fused-ring (bicyclic) bond motifs is 1. The van der Waals surface area contributed by atoms with E-state index >= 15 is 0 Å². The molecule has 0 fully saturated rings. The normalized spacial score (nSPS) is 17.7. The molecule has 0 bridgehead atoms. The molecular weight excluding hydrogens is 352 g/mol. The summed E-state index contributed by atoms with van der Waals surface area (Å²) in [6.45, 7) is 5.75. The first kappa shape index (κ1) is 14.7. The third-order valence-corrected chi connectivity index (χ3v) is 5.33. The predicted molar refractivity (Wildman–Crippen MR) is 87.8 cm³/mol. The highest BCUT2D eigenvalue weighted by molar-refractivity contribution is 9.10. The van der Waals surface area contributed by atoms with Gasteiger partial charge in [-0.1, -0.05) is 11.6 Å². The van der Waals surface area contributed by atoms with Gasteiger partial charge in [0, 0.05) is 34.5 Å². The summed E-state index contributed by atoms with van der Waals surface area (Å²) >= 11 is 9.37. The third-order valence-electron chi connectivity index (χ3n) is 4.12. The molecule has 3 nitrogen and oxygen atoms in total. The molecule has 1 aliphatic rings. The van der Waals surface area contributed by atoms with Gasteiger partial charge in [-0.2, -0.15) is 0 Å². The van der Waals surface area contributed by atoms with Crippen LogP contribution < -0.4 is 0 Å². The largest absolute Gasteiger partial charge is 0.345 e. The molecular formula is C16H16BrClN2O. The van der Waals surface area contributed by atoms with Crippen molar-refractivity contribution >= 4 is 33.4 Å². The first-order valence-corrected chi connectivity index (χ1v) is 8.08. The lowest BCUT2D eigenvalue weighted by atomic mass is 10.1. The Morgan fingerprint density at radius 2 is 2.05 bits per heavy atom. The van der Waals surface area contributed by atoms with Crippen molar-refractivity contribution in [1.82, 2.24) is 9.47 Å². The lowest BCUT2D eigenvalue weighted by Crippen LogP contribution is -2.41. The van der Waals surface area contributed by atoms with E-state index in [1.807, 2.05) is 4.90 Å². The van der Waals surface area contributed by atoms with Crippen LogP contribution in [0.3, 0.4) is 0 Å². The molecule has 1 unspecified atom stereocenters. The Morgan fingerprint density at radius 1 is 1.29 bits per heavy atom. The predicted octanol–water partition coefficient (Wildman–Crippen LogP) is 4.43. The molecule has 0 saturated carbocycles.